The third-order valence-electron chi connectivity index (χ3n) is 5.56. The molecular weight excluding hydrogens is 382 g/mol. The average Bonchev–Trinajstić information content (AvgIpc) is 3.17. The summed E-state index contributed by atoms with van der Waals surface area (Å²) in [5, 5.41) is 5.35. The maximum Gasteiger partial charge on any atom is 0.270 e. The summed E-state index contributed by atoms with van der Waals surface area (Å²) in [5.74, 6) is 0.0739. The highest BCUT2D eigenvalue weighted by Gasteiger charge is 2.27. The lowest BCUT2D eigenvalue weighted by Gasteiger charge is -2.34. The van der Waals surface area contributed by atoms with Crippen LogP contribution in [-0.2, 0) is 6.54 Å². The van der Waals surface area contributed by atoms with Gasteiger partial charge in [0.15, 0.2) is 0 Å². The Hall–Kier alpha value is -2.72. The zero-order chi connectivity index (χ0) is 20.2. The van der Waals surface area contributed by atoms with E-state index >= 15 is 0 Å². The first kappa shape index (κ1) is 19.6. The van der Waals surface area contributed by atoms with E-state index < -0.39 is 0 Å². The molecule has 2 N–H and O–H groups in total. The number of hydrogen-bond acceptors (Lipinski definition) is 2. The molecule has 1 unspecified atom stereocenters. The van der Waals surface area contributed by atoms with Gasteiger partial charge in [-0.2, -0.15) is 0 Å². The van der Waals surface area contributed by atoms with E-state index in [2.05, 4.69) is 29.4 Å². The number of fused-ring (bicyclic) bond motifs is 1. The fourth-order valence-electron chi connectivity index (χ4n) is 4.07. The Kier molecular flexibility index (Phi) is 5.91. The molecule has 0 saturated carbocycles. The van der Waals surface area contributed by atoms with Crippen LogP contribution in [-0.4, -0.2) is 28.4 Å². The predicted molar refractivity (Wildman–Crippen MR) is 119 cm³/mol. The predicted octanol–water partition coefficient (Wildman–Crippen LogP) is 5.51. The highest BCUT2D eigenvalue weighted by atomic mass is 35.5. The number of halogens is 1. The number of nitrogens with one attached hydrogen (secondary N) is 2. The number of allylic oxidation sites excluding steroid dienone is 1. The lowest BCUT2D eigenvalue weighted by atomic mass is 9.96. The van der Waals surface area contributed by atoms with Crippen molar-refractivity contribution in [3.05, 3.63) is 82.7 Å². The lowest BCUT2D eigenvalue weighted by Crippen LogP contribution is -2.42. The molecule has 4 rings (SSSR count). The van der Waals surface area contributed by atoms with E-state index in [0.717, 1.165) is 47.3 Å². The first-order chi connectivity index (χ1) is 14.1. The number of aromatic nitrogens is 1. The molecule has 0 fully saturated rings. The van der Waals surface area contributed by atoms with E-state index in [9.17, 15) is 4.79 Å². The first-order valence-corrected chi connectivity index (χ1v) is 10.6. The monoisotopic (exact) mass is 407 g/mol. The molecule has 1 aromatic heterocycles. The number of rotatable bonds is 6. The standard InChI is InChI=1S/C24H26ClN3O/c1-2-28(24(29)23-14-18-8-3-4-12-22(18)27-23)21-11-6-10-20(15-21)26-16-17-7-5-9-19(25)13-17/h3-5,7-10,12-14,21,26-27H,2,6,11,15-16H2,1H3. The minimum atomic E-state index is 0.0739. The largest absolute Gasteiger partial charge is 0.384 e. The second-order valence-electron chi connectivity index (χ2n) is 7.51. The van der Waals surface area contributed by atoms with Crippen LogP contribution in [0.5, 0.6) is 0 Å². The van der Waals surface area contributed by atoms with E-state index in [0.29, 0.717) is 12.2 Å². The molecule has 2 aromatic carbocycles. The molecule has 3 aromatic rings. The molecule has 0 bridgehead atoms. The van der Waals surface area contributed by atoms with Gasteiger partial charge in [-0.15, -0.1) is 0 Å². The van der Waals surface area contributed by atoms with Crippen molar-refractivity contribution >= 4 is 28.4 Å². The topological polar surface area (TPSA) is 48.1 Å². The first-order valence-electron chi connectivity index (χ1n) is 10.2. The van der Waals surface area contributed by atoms with Crippen molar-refractivity contribution in [3.63, 3.8) is 0 Å². The fourth-order valence-corrected chi connectivity index (χ4v) is 4.29. The SMILES string of the molecule is CCN(C(=O)c1cc2ccccc2[nH]1)C1CCC=C(NCc2cccc(Cl)c2)C1. The molecule has 0 radical (unpaired) electrons. The average molecular weight is 408 g/mol. The highest BCUT2D eigenvalue weighted by molar-refractivity contribution is 6.30. The molecule has 5 heteroatoms. The Bertz CT molecular complexity index is 1010. The molecule has 1 amide bonds. The molecule has 1 aliphatic carbocycles. The van der Waals surface area contributed by atoms with Crippen LogP contribution >= 0.6 is 11.6 Å². The highest BCUT2D eigenvalue weighted by Crippen LogP contribution is 2.25. The quantitative estimate of drug-likeness (QED) is 0.566. The van der Waals surface area contributed by atoms with Gasteiger partial charge in [-0.1, -0.05) is 48.0 Å². The van der Waals surface area contributed by atoms with Crippen LogP contribution in [0.1, 0.15) is 42.2 Å². The number of benzene rings is 2. The van der Waals surface area contributed by atoms with Gasteiger partial charge in [-0.3, -0.25) is 4.79 Å². The van der Waals surface area contributed by atoms with Crippen molar-refractivity contribution in [3.8, 4) is 0 Å². The number of H-pyrrole nitrogens is 1. The molecule has 1 atom stereocenters. The molecule has 29 heavy (non-hydrogen) atoms. The van der Waals surface area contributed by atoms with Gasteiger partial charge in [-0.25, -0.2) is 0 Å². The van der Waals surface area contributed by atoms with Gasteiger partial charge in [-0.05, 0) is 49.6 Å². The summed E-state index contributed by atoms with van der Waals surface area (Å²) in [4.78, 5) is 18.5. The van der Waals surface area contributed by atoms with Crippen molar-refractivity contribution in [1.29, 1.82) is 0 Å². The Morgan fingerprint density at radius 3 is 2.86 bits per heavy atom. The van der Waals surface area contributed by atoms with Gasteiger partial charge < -0.3 is 15.2 Å². The Morgan fingerprint density at radius 2 is 2.07 bits per heavy atom. The minimum Gasteiger partial charge on any atom is -0.384 e. The van der Waals surface area contributed by atoms with Crippen molar-refractivity contribution in [2.75, 3.05) is 6.54 Å². The molecular formula is C24H26ClN3O. The van der Waals surface area contributed by atoms with Crippen molar-refractivity contribution in [2.45, 2.75) is 38.8 Å². The van der Waals surface area contributed by atoms with Crippen LogP contribution in [0, 0.1) is 0 Å². The van der Waals surface area contributed by atoms with E-state index in [-0.39, 0.29) is 11.9 Å². The second kappa shape index (κ2) is 8.75. The number of aromatic amines is 1. The van der Waals surface area contributed by atoms with Crippen molar-refractivity contribution < 1.29 is 4.79 Å². The van der Waals surface area contributed by atoms with Crippen LogP contribution in [0.25, 0.3) is 10.9 Å². The Labute approximate surface area is 176 Å². The van der Waals surface area contributed by atoms with Crippen LogP contribution in [0.2, 0.25) is 5.02 Å². The summed E-state index contributed by atoms with van der Waals surface area (Å²) in [7, 11) is 0. The van der Waals surface area contributed by atoms with Gasteiger partial charge in [0, 0.05) is 47.2 Å². The molecule has 1 aliphatic rings. The van der Waals surface area contributed by atoms with E-state index in [4.69, 9.17) is 11.6 Å². The zero-order valence-electron chi connectivity index (χ0n) is 16.6. The summed E-state index contributed by atoms with van der Waals surface area (Å²) < 4.78 is 0. The van der Waals surface area contributed by atoms with Gasteiger partial charge in [0.25, 0.3) is 5.91 Å². The van der Waals surface area contributed by atoms with Crippen molar-refractivity contribution in [2.24, 2.45) is 0 Å². The van der Waals surface area contributed by atoms with Gasteiger partial charge in [0.1, 0.15) is 5.69 Å². The number of carbonyl (C=O) groups is 1. The van der Waals surface area contributed by atoms with Crippen LogP contribution in [0.4, 0.5) is 0 Å². The number of para-hydroxylation sites is 1. The number of amides is 1. The summed E-state index contributed by atoms with van der Waals surface area (Å²) >= 11 is 6.08. The van der Waals surface area contributed by atoms with Crippen molar-refractivity contribution in [1.82, 2.24) is 15.2 Å². The third-order valence-corrected chi connectivity index (χ3v) is 5.79. The second-order valence-corrected chi connectivity index (χ2v) is 7.95. The van der Waals surface area contributed by atoms with E-state index in [1.807, 2.05) is 53.4 Å². The molecule has 4 nitrogen and oxygen atoms in total. The molecule has 0 aliphatic heterocycles. The summed E-state index contributed by atoms with van der Waals surface area (Å²) in [6, 6.07) is 18.1. The lowest BCUT2D eigenvalue weighted by molar-refractivity contribution is 0.0669. The molecule has 0 saturated heterocycles. The van der Waals surface area contributed by atoms with Gasteiger partial charge >= 0.3 is 0 Å². The maximum absolute atomic E-state index is 13.2. The maximum atomic E-state index is 13.2. The summed E-state index contributed by atoms with van der Waals surface area (Å²) in [5.41, 5.74) is 4.02. The number of hydrogen-bond donors (Lipinski definition) is 2. The fraction of sp³-hybridized carbons (Fsp3) is 0.292. The molecule has 150 valence electrons. The number of nitrogens with zero attached hydrogens (tertiary/aromatic N) is 1. The van der Waals surface area contributed by atoms with Gasteiger partial charge in [0.2, 0.25) is 0 Å². The zero-order valence-corrected chi connectivity index (χ0v) is 17.4. The summed E-state index contributed by atoms with van der Waals surface area (Å²) in [6.45, 7) is 3.49. The van der Waals surface area contributed by atoms with E-state index in [1.165, 1.54) is 5.70 Å². The van der Waals surface area contributed by atoms with E-state index in [1.54, 1.807) is 0 Å². The van der Waals surface area contributed by atoms with Crippen LogP contribution < -0.4 is 5.32 Å². The number of carbonyl (C=O) groups excluding carboxylic acids is 1. The van der Waals surface area contributed by atoms with Gasteiger partial charge in [0.05, 0.1) is 0 Å². The Balaban J connectivity index is 1.43. The smallest absolute Gasteiger partial charge is 0.270 e. The molecule has 0 spiro atoms. The summed E-state index contributed by atoms with van der Waals surface area (Å²) in [6.07, 6.45) is 5.06. The minimum absolute atomic E-state index is 0.0739. The van der Waals surface area contributed by atoms with Crippen LogP contribution in [0.3, 0.4) is 0 Å². The van der Waals surface area contributed by atoms with Crippen LogP contribution in [0.15, 0.2) is 66.4 Å². The third kappa shape index (κ3) is 4.48. The normalized spacial score (nSPS) is 16.5. The Morgan fingerprint density at radius 1 is 1.21 bits per heavy atom. The molecule has 1 heterocycles.